The Morgan fingerprint density at radius 3 is 2.48 bits per heavy atom. The van der Waals surface area contributed by atoms with Gasteiger partial charge in [-0.2, -0.15) is 0 Å². The van der Waals surface area contributed by atoms with E-state index >= 15 is 0 Å². The summed E-state index contributed by atoms with van der Waals surface area (Å²) in [5, 5.41) is 0. The van der Waals surface area contributed by atoms with Crippen molar-refractivity contribution >= 4 is 11.6 Å². The van der Waals surface area contributed by atoms with Crippen molar-refractivity contribution in [1.29, 1.82) is 0 Å². The van der Waals surface area contributed by atoms with Crippen molar-refractivity contribution < 1.29 is 23.7 Å². The highest BCUT2D eigenvalue weighted by Crippen LogP contribution is 2.36. The quantitative estimate of drug-likeness (QED) is 0.835. The maximum absolute atomic E-state index is 12.6. The van der Waals surface area contributed by atoms with Crippen LogP contribution in [0.1, 0.15) is 12.5 Å². The van der Waals surface area contributed by atoms with Crippen LogP contribution in [-0.4, -0.2) is 33.3 Å². The number of ether oxygens (including phenoxy) is 4. The van der Waals surface area contributed by atoms with Gasteiger partial charge in [0.2, 0.25) is 0 Å². The summed E-state index contributed by atoms with van der Waals surface area (Å²) in [7, 11) is 3.16. The zero-order valence-corrected chi connectivity index (χ0v) is 14.6. The van der Waals surface area contributed by atoms with Gasteiger partial charge in [0, 0.05) is 23.8 Å². The average Bonchev–Trinajstić information content (AvgIpc) is 2.81. The van der Waals surface area contributed by atoms with Crippen molar-refractivity contribution in [2.75, 3.05) is 32.3 Å². The monoisotopic (exact) mass is 343 g/mol. The number of nitrogens with zero attached hydrogens (tertiary/aromatic N) is 1. The average molecular weight is 343 g/mol. The van der Waals surface area contributed by atoms with Gasteiger partial charge in [-0.15, -0.1) is 0 Å². The van der Waals surface area contributed by atoms with Crippen molar-refractivity contribution in [3.63, 3.8) is 0 Å². The standard InChI is InChI=1S/C19H21NO5/c1-4-24-17-7-5-6-13-11-20(18(21)12-25-19(13)17)14-8-15(22-2)10-16(9-14)23-3/h5-10H,4,11-12H2,1-3H3. The van der Waals surface area contributed by atoms with E-state index in [0.717, 1.165) is 5.56 Å². The SMILES string of the molecule is CCOc1cccc2c1OCC(=O)N(c1cc(OC)cc(OC)c1)C2. The molecule has 3 rings (SSSR count). The summed E-state index contributed by atoms with van der Waals surface area (Å²) < 4.78 is 22.0. The maximum Gasteiger partial charge on any atom is 0.265 e. The number of fused-ring (bicyclic) bond motifs is 1. The van der Waals surface area contributed by atoms with E-state index in [2.05, 4.69) is 0 Å². The topological polar surface area (TPSA) is 57.2 Å². The third-order valence-electron chi connectivity index (χ3n) is 3.98. The maximum atomic E-state index is 12.6. The normalized spacial score (nSPS) is 13.6. The lowest BCUT2D eigenvalue weighted by Gasteiger charge is -2.21. The van der Waals surface area contributed by atoms with Gasteiger partial charge < -0.3 is 23.8 Å². The number of benzene rings is 2. The minimum Gasteiger partial charge on any atom is -0.497 e. The van der Waals surface area contributed by atoms with Crippen LogP contribution < -0.4 is 23.8 Å². The molecule has 6 heteroatoms. The fourth-order valence-electron chi connectivity index (χ4n) is 2.77. The number of methoxy groups -OCH3 is 2. The fourth-order valence-corrected chi connectivity index (χ4v) is 2.77. The first-order chi connectivity index (χ1) is 12.2. The van der Waals surface area contributed by atoms with Gasteiger partial charge in [0.1, 0.15) is 11.5 Å². The molecule has 0 radical (unpaired) electrons. The van der Waals surface area contributed by atoms with Crippen LogP contribution in [0.2, 0.25) is 0 Å². The summed E-state index contributed by atoms with van der Waals surface area (Å²) >= 11 is 0. The zero-order chi connectivity index (χ0) is 17.8. The molecule has 0 N–H and O–H groups in total. The van der Waals surface area contributed by atoms with Gasteiger partial charge in [-0.25, -0.2) is 0 Å². The van der Waals surface area contributed by atoms with Gasteiger partial charge >= 0.3 is 0 Å². The summed E-state index contributed by atoms with van der Waals surface area (Å²) in [5.74, 6) is 2.37. The van der Waals surface area contributed by atoms with Crippen LogP contribution in [0.25, 0.3) is 0 Å². The second kappa shape index (κ2) is 7.34. The third kappa shape index (κ3) is 3.47. The molecular formula is C19H21NO5. The molecule has 1 aliphatic heterocycles. The molecule has 0 saturated carbocycles. The van der Waals surface area contributed by atoms with Gasteiger partial charge in [0.25, 0.3) is 5.91 Å². The lowest BCUT2D eigenvalue weighted by molar-refractivity contribution is -0.120. The number of hydrogen-bond acceptors (Lipinski definition) is 5. The van der Waals surface area contributed by atoms with Gasteiger partial charge in [-0.3, -0.25) is 4.79 Å². The Kier molecular flexibility index (Phi) is 4.97. The molecule has 25 heavy (non-hydrogen) atoms. The molecule has 0 aromatic heterocycles. The predicted octanol–water partition coefficient (Wildman–Crippen LogP) is 3.03. The van der Waals surface area contributed by atoms with Crippen LogP contribution >= 0.6 is 0 Å². The van der Waals surface area contributed by atoms with Gasteiger partial charge in [-0.05, 0) is 13.0 Å². The molecule has 0 unspecified atom stereocenters. The van der Waals surface area contributed by atoms with E-state index in [4.69, 9.17) is 18.9 Å². The number of carbonyl (C=O) groups excluding carboxylic acids is 1. The Labute approximate surface area is 146 Å². The van der Waals surface area contributed by atoms with Crippen molar-refractivity contribution in [3.8, 4) is 23.0 Å². The minimum atomic E-state index is -0.144. The third-order valence-corrected chi connectivity index (χ3v) is 3.98. The Hall–Kier alpha value is -2.89. The molecule has 2 aromatic rings. The van der Waals surface area contributed by atoms with Crippen LogP contribution in [0.4, 0.5) is 5.69 Å². The first kappa shape index (κ1) is 17.0. The highest BCUT2D eigenvalue weighted by molar-refractivity contribution is 5.95. The van der Waals surface area contributed by atoms with Crippen LogP contribution in [0.15, 0.2) is 36.4 Å². The van der Waals surface area contributed by atoms with E-state index in [1.54, 1.807) is 37.3 Å². The number of para-hydroxylation sites is 1. The van der Waals surface area contributed by atoms with E-state index in [0.29, 0.717) is 41.8 Å². The molecule has 0 fully saturated rings. The Bertz CT molecular complexity index is 752. The summed E-state index contributed by atoms with van der Waals surface area (Å²) in [6.45, 7) is 2.77. The molecule has 0 spiro atoms. The molecule has 1 aliphatic rings. The highest BCUT2D eigenvalue weighted by Gasteiger charge is 2.25. The lowest BCUT2D eigenvalue weighted by atomic mass is 10.1. The smallest absolute Gasteiger partial charge is 0.265 e. The summed E-state index contributed by atoms with van der Waals surface area (Å²) in [6, 6.07) is 11.0. The molecule has 6 nitrogen and oxygen atoms in total. The predicted molar refractivity (Wildman–Crippen MR) is 93.8 cm³/mol. The first-order valence-corrected chi connectivity index (χ1v) is 8.07. The Balaban J connectivity index is 2.00. The molecule has 2 aromatic carbocycles. The van der Waals surface area contributed by atoms with Gasteiger partial charge in [-0.1, -0.05) is 12.1 Å². The Morgan fingerprint density at radius 1 is 1.12 bits per heavy atom. The van der Waals surface area contributed by atoms with E-state index in [-0.39, 0.29) is 12.5 Å². The van der Waals surface area contributed by atoms with E-state index in [1.165, 1.54) is 0 Å². The van der Waals surface area contributed by atoms with Crippen LogP contribution in [0.5, 0.6) is 23.0 Å². The summed E-state index contributed by atoms with van der Waals surface area (Å²) in [4.78, 5) is 14.3. The minimum absolute atomic E-state index is 0.0589. The fraction of sp³-hybridized carbons (Fsp3) is 0.316. The molecule has 0 bridgehead atoms. The number of anilines is 1. The van der Waals surface area contributed by atoms with Crippen molar-refractivity contribution in [3.05, 3.63) is 42.0 Å². The molecule has 132 valence electrons. The largest absolute Gasteiger partial charge is 0.497 e. The second-order valence-corrected chi connectivity index (χ2v) is 5.52. The summed E-state index contributed by atoms with van der Waals surface area (Å²) in [6.07, 6.45) is 0. The molecule has 1 amide bonds. The molecular weight excluding hydrogens is 322 g/mol. The van der Waals surface area contributed by atoms with Crippen LogP contribution in [0.3, 0.4) is 0 Å². The second-order valence-electron chi connectivity index (χ2n) is 5.52. The number of hydrogen-bond donors (Lipinski definition) is 0. The number of carbonyl (C=O) groups is 1. The Morgan fingerprint density at radius 2 is 1.84 bits per heavy atom. The lowest BCUT2D eigenvalue weighted by Crippen LogP contribution is -2.32. The highest BCUT2D eigenvalue weighted by atomic mass is 16.5. The van der Waals surface area contributed by atoms with Crippen LogP contribution in [-0.2, 0) is 11.3 Å². The van der Waals surface area contributed by atoms with Crippen molar-refractivity contribution in [2.24, 2.45) is 0 Å². The zero-order valence-electron chi connectivity index (χ0n) is 14.6. The van der Waals surface area contributed by atoms with E-state index in [9.17, 15) is 4.79 Å². The van der Waals surface area contributed by atoms with Gasteiger partial charge in [0.15, 0.2) is 18.1 Å². The van der Waals surface area contributed by atoms with Gasteiger partial charge in [0.05, 0.1) is 33.1 Å². The molecule has 0 atom stereocenters. The van der Waals surface area contributed by atoms with Crippen molar-refractivity contribution in [1.82, 2.24) is 0 Å². The molecule has 1 heterocycles. The number of rotatable bonds is 5. The van der Waals surface area contributed by atoms with Crippen molar-refractivity contribution in [2.45, 2.75) is 13.5 Å². The molecule has 0 aliphatic carbocycles. The molecule has 0 saturated heterocycles. The van der Waals surface area contributed by atoms with E-state index < -0.39 is 0 Å². The summed E-state index contributed by atoms with van der Waals surface area (Å²) in [5.41, 5.74) is 1.58. The van der Waals surface area contributed by atoms with Crippen LogP contribution in [0, 0.1) is 0 Å². The number of amides is 1. The van der Waals surface area contributed by atoms with E-state index in [1.807, 2.05) is 25.1 Å². The first-order valence-electron chi connectivity index (χ1n) is 8.07.